The van der Waals surface area contributed by atoms with Gasteiger partial charge in [0.05, 0.1) is 5.52 Å². The summed E-state index contributed by atoms with van der Waals surface area (Å²) >= 11 is 0. The number of hydrogen-bond donors (Lipinski definition) is 1. The molecule has 3 aliphatic rings. The zero-order valence-electron chi connectivity index (χ0n) is 14.7. The molecule has 5 nitrogen and oxygen atoms in total. The molecular formula is C20H26N4O. The molecule has 2 saturated heterocycles. The van der Waals surface area contributed by atoms with E-state index in [2.05, 4.69) is 15.1 Å². The predicted octanol–water partition coefficient (Wildman–Crippen LogP) is 2.90. The van der Waals surface area contributed by atoms with Crippen LogP contribution in [0.2, 0.25) is 0 Å². The Hall–Kier alpha value is -1.88. The van der Waals surface area contributed by atoms with Gasteiger partial charge in [0, 0.05) is 37.0 Å². The number of carbonyl (C=O) groups is 1. The van der Waals surface area contributed by atoms with Crippen LogP contribution in [0.5, 0.6) is 0 Å². The summed E-state index contributed by atoms with van der Waals surface area (Å²) < 4.78 is 0. The van der Waals surface area contributed by atoms with Crippen molar-refractivity contribution in [3.8, 4) is 0 Å². The van der Waals surface area contributed by atoms with E-state index in [1.807, 2.05) is 29.2 Å². The lowest BCUT2D eigenvalue weighted by Crippen LogP contribution is -2.46. The zero-order chi connectivity index (χ0) is 16.9. The molecule has 3 heterocycles. The Labute approximate surface area is 148 Å². The molecule has 3 fully saturated rings. The van der Waals surface area contributed by atoms with Crippen LogP contribution in [0.1, 0.15) is 42.6 Å². The molecule has 25 heavy (non-hydrogen) atoms. The van der Waals surface area contributed by atoms with Crippen molar-refractivity contribution in [3.63, 3.8) is 0 Å². The Kier molecular flexibility index (Phi) is 3.59. The number of hydrogen-bond acceptors (Lipinski definition) is 3. The second kappa shape index (κ2) is 5.84. The number of rotatable bonds is 3. The van der Waals surface area contributed by atoms with Gasteiger partial charge < -0.3 is 9.80 Å². The first-order chi connectivity index (χ1) is 12.2. The molecule has 1 aromatic carbocycles. The lowest BCUT2D eigenvalue weighted by atomic mass is 9.79. The van der Waals surface area contributed by atoms with Gasteiger partial charge in [-0.2, -0.15) is 5.10 Å². The van der Waals surface area contributed by atoms with Gasteiger partial charge in [0.25, 0.3) is 5.91 Å². The average Bonchev–Trinajstić information content (AvgIpc) is 3.19. The maximum absolute atomic E-state index is 13.0. The SMILES string of the molecule is O=C(c1n[nH]c2ccccc12)N1CCC2(CCCN(CC3CC3)C2)C1. The Morgan fingerprint density at radius 2 is 2.08 bits per heavy atom. The molecule has 0 radical (unpaired) electrons. The maximum Gasteiger partial charge on any atom is 0.275 e. The fourth-order valence-electron chi connectivity index (χ4n) is 4.85. The van der Waals surface area contributed by atoms with Gasteiger partial charge in [-0.25, -0.2) is 0 Å². The molecule has 132 valence electrons. The monoisotopic (exact) mass is 338 g/mol. The highest BCUT2D eigenvalue weighted by atomic mass is 16.2. The number of benzene rings is 1. The first kappa shape index (κ1) is 15.4. The third-order valence-electron chi connectivity index (χ3n) is 6.35. The Balaban J connectivity index is 1.32. The lowest BCUT2D eigenvalue weighted by molar-refractivity contribution is 0.0678. The van der Waals surface area contributed by atoms with Crippen LogP contribution in [0.4, 0.5) is 0 Å². The molecular weight excluding hydrogens is 312 g/mol. The van der Waals surface area contributed by atoms with E-state index < -0.39 is 0 Å². The largest absolute Gasteiger partial charge is 0.337 e. The van der Waals surface area contributed by atoms with Crippen LogP contribution >= 0.6 is 0 Å². The Morgan fingerprint density at radius 3 is 2.96 bits per heavy atom. The Morgan fingerprint density at radius 1 is 1.20 bits per heavy atom. The van der Waals surface area contributed by atoms with E-state index in [9.17, 15) is 4.79 Å². The minimum absolute atomic E-state index is 0.0913. The average molecular weight is 338 g/mol. The van der Waals surface area contributed by atoms with Crippen LogP contribution in [-0.2, 0) is 0 Å². The summed E-state index contributed by atoms with van der Waals surface area (Å²) in [6.45, 7) is 5.47. The number of piperidine rings is 1. The van der Waals surface area contributed by atoms with Crippen molar-refractivity contribution in [2.45, 2.75) is 32.1 Å². The topological polar surface area (TPSA) is 52.2 Å². The highest BCUT2D eigenvalue weighted by Gasteiger charge is 2.44. The summed E-state index contributed by atoms with van der Waals surface area (Å²) in [6, 6.07) is 7.89. The quantitative estimate of drug-likeness (QED) is 0.936. The number of aromatic amines is 1. The van der Waals surface area contributed by atoms with E-state index in [0.717, 1.165) is 36.3 Å². The minimum atomic E-state index is 0.0913. The fourth-order valence-corrected chi connectivity index (χ4v) is 4.85. The van der Waals surface area contributed by atoms with Crippen LogP contribution < -0.4 is 0 Å². The first-order valence-electron chi connectivity index (χ1n) is 9.67. The van der Waals surface area contributed by atoms with Gasteiger partial charge in [0.2, 0.25) is 0 Å². The number of nitrogens with one attached hydrogen (secondary N) is 1. The summed E-state index contributed by atoms with van der Waals surface area (Å²) in [5.41, 5.74) is 1.83. The highest BCUT2D eigenvalue weighted by Crippen LogP contribution is 2.41. The van der Waals surface area contributed by atoms with Crippen LogP contribution in [-0.4, -0.2) is 58.6 Å². The Bertz CT molecular complexity index is 796. The fraction of sp³-hybridized carbons (Fsp3) is 0.600. The van der Waals surface area contributed by atoms with Crippen LogP contribution in [0, 0.1) is 11.3 Å². The highest BCUT2D eigenvalue weighted by molar-refractivity contribution is 6.04. The lowest BCUT2D eigenvalue weighted by Gasteiger charge is -2.40. The summed E-state index contributed by atoms with van der Waals surface area (Å²) in [5, 5.41) is 8.24. The van der Waals surface area contributed by atoms with E-state index >= 15 is 0 Å². The molecule has 1 aliphatic carbocycles. The van der Waals surface area contributed by atoms with Crippen molar-refractivity contribution >= 4 is 16.8 Å². The van der Waals surface area contributed by atoms with Crippen molar-refractivity contribution in [1.82, 2.24) is 20.0 Å². The molecule has 1 amide bonds. The molecule has 1 N–H and O–H groups in total. The minimum Gasteiger partial charge on any atom is -0.337 e. The van der Waals surface area contributed by atoms with Gasteiger partial charge in [-0.3, -0.25) is 9.89 Å². The molecule has 1 atom stereocenters. The smallest absolute Gasteiger partial charge is 0.275 e. The summed E-state index contributed by atoms with van der Waals surface area (Å²) in [6.07, 6.45) is 6.52. The number of fused-ring (bicyclic) bond motifs is 1. The molecule has 1 unspecified atom stereocenters. The predicted molar refractivity (Wildman–Crippen MR) is 97.4 cm³/mol. The summed E-state index contributed by atoms with van der Waals surface area (Å²) in [5.74, 6) is 1.04. The van der Waals surface area contributed by atoms with E-state index in [1.54, 1.807) is 0 Å². The second-order valence-electron chi connectivity index (χ2n) is 8.38. The van der Waals surface area contributed by atoms with E-state index in [4.69, 9.17) is 0 Å². The van der Waals surface area contributed by atoms with Gasteiger partial charge in [-0.15, -0.1) is 0 Å². The van der Waals surface area contributed by atoms with Gasteiger partial charge in [-0.1, -0.05) is 18.2 Å². The number of H-pyrrole nitrogens is 1. The number of nitrogens with zero attached hydrogens (tertiary/aromatic N) is 3. The van der Waals surface area contributed by atoms with Crippen molar-refractivity contribution < 1.29 is 4.79 Å². The van der Waals surface area contributed by atoms with E-state index in [-0.39, 0.29) is 5.91 Å². The standard InChI is InChI=1S/C20H26N4O/c25-19(18-16-4-1-2-5-17(16)21-22-18)24-11-9-20(14-24)8-3-10-23(13-20)12-15-6-7-15/h1-2,4-5,15H,3,6-14H2,(H,21,22). The molecule has 5 rings (SSSR count). The number of aromatic nitrogens is 2. The number of carbonyl (C=O) groups excluding carboxylic acids is 1. The third-order valence-corrected chi connectivity index (χ3v) is 6.35. The van der Waals surface area contributed by atoms with Crippen molar-refractivity contribution in [2.24, 2.45) is 11.3 Å². The normalized spacial score (nSPS) is 27.4. The number of amides is 1. The molecule has 1 aromatic heterocycles. The van der Waals surface area contributed by atoms with Gasteiger partial charge in [0.15, 0.2) is 5.69 Å². The number of likely N-dealkylation sites (tertiary alicyclic amines) is 2. The van der Waals surface area contributed by atoms with Crippen molar-refractivity contribution in [1.29, 1.82) is 0 Å². The molecule has 1 spiro atoms. The van der Waals surface area contributed by atoms with Crippen LogP contribution in [0.25, 0.3) is 10.9 Å². The molecule has 2 aromatic rings. The summed E-state index contributed by atoms with van der Waals surface area (Å²) in [7, 11) is 0. The molecule has 5 heteroatoms. The first-order valence-corrected chi connectivity index (χ1v) is 9.67. The molecule has 0 bridgehead atoms. The van der Waals surface area contributed by atoms with E-state index in [1.165, 1.54) is 45.3 Å². The van der Waals surface area contributed by atoms with Crippen molar-refractivity contribution in [2.75, 3.05) is 32.7 Å². The van der Waals surface area contributed by atoms with Crippen LogP contribution in [0.3, 0.4) is 0 Å². The zero-order valence-corrected chi connectivity index (χ0v) is 14.7. The summed E-state index contributed by atoms with van der Waals surface area (Å²) in [4.78, 5) is 17.8. The van der Waals surface area contributed by atoms with E-state index in [0.29, 0.717) is 11.1 Å². The van der Waals surface area contributed by atoms with Crippen molar-refractivity contribution in [3.05, 3.63) is 30.0 Å². The second-order valence-corrected chi connectivity index (χ2v) is 8.38. The molecule has 1 saturated carbocycles. The van der Waals surface area contributed by atoms with Crippen LogP contribution in [0.15, 0.2) is 24.3 Å². The number of para-hydroxylation sites is 1. The third kappa shape index (κ3) is 2.84. The van der Waals surface area contributed by atoms with Gasteiger partial charge in [0.1, 0.15) is 0 Å². The molecule has 2 aliphatic heterocycles. The van der Waals surface area contributed by atoms with Gasteiger partial charge >= 0.3 is 0 Å². The maximum atomic E-state index is 13.0. The van der Waals surface area contributed by atoms with Gasteiger partial charge in [-0.05, 0) is 50.6 Å².